The van der Waals surface area contributed by atoms with E-state index in [1.165, 1.54) is 11.2 Å². The van der Waals surface area contributed by atoms with Crippen molar-refractivity contribution in [2.45, 2.75) is 38.6 Å². The molecule has 8 nitrogen and oxygen atoms in total. The first-order valence-corrected chi connectivity index (χ1v) is 11.0. The highest BCUT2D eigenvalue weighted by Crippen LogP contribution is 2.30. The van der Waals surface area contributed by atoms with Gasteiger partial charge in [-0.15, -0.1) is 11.3 Å². The summed E-state index contributed by atoms with van der Waals surface area (Å²) >= 11 is 7.58. The molecule has 0 bridgehead atoms. The second-order valence-corrected chi connectivity index (χ2v) is 8.80. The van der Waals surface area contributed by atoms with Crippen LogP contribution in [-0.2, 0) is 11.3 Å². The molecular weight excluding hydrogens is 438 g/mol. The van der Waals surface area contributed by atoms with Crippen molar-refractivity contribution in [1.29, 1.82) is 0 Å². The van der Waals surface area contributed by atoms with E-state index in [2.05, 4.69) is 27.2 Å². The summed E-state index contributed by atoms with van der Waals surface area (Å²) in [6, 6.07) is 8.93. The highest BCUT2D eigenvalue weighted by atomic mass is 35.5. The van der Waals surface area contributed by atoms with E-state index in [1.54, 1.807) is 24.3 Å². The van der Waals surface area contributed by atoms with Gasteiger partial charge in [0, 0.05) is 40.3 Å². The van der Waals surface area contributed by atoms with Gasteiger partial charge in [-0.2, -0.15) is 0 Å². The molecule has 1 aliphatic heterocycles. The first-order chi connectivity index (χ1) is 14.9. The highest BCUT2D eigenvalue weighted by molar-refractivity contribution is 7.15. The highest BCUT2D eigenvalue weighted by Gasteiger charge is 2.38. The maximum absolute atomic E-state index is 12.1. The minimum Gasteiger partial charge on any atom is -0.447 e. The zero-order chi connectivity index (χ0) is 22.0. The van der Waals surface area contributed by atoms with Gasteiger partial charge in [-0.25, -0.2) is 19.7 Å². The van der Waals surface area contributed by atoms with Gasteiger partial charge in [0.2, 0.25) is 0 Å². The number of rotatable bonds is 7. The molecular formula is C21H22ClN5O3S. The predicted molar refractivity (Wildman–Crippen MR) is 119 cm³/mol. The Morgan fingerprint density at radius 3 is 2.81 bits per heavy atom. The Labute approximate surface area is 188 Å². The number of nitrogens with one attached hydrogen (secondary N) is 1. The second-order valence-electron chi connectivity index (χ2n) is 7.30. The van der Waals surface area contributed by atoms with Gasteiger partial charge in [-0.3, -0.25) is 4.90 Å². The molecule has 1 aromatic carbocycles. The quantitative estimate of drug-likeness (QED) is 0.554. The normalized spacial score (nSPS) is 18.1. The van der Waals surface area contributed by atoms with Crippen LogP contribution in [0, 0.1) is 0 Å². The third-order valence-corrected chi connectivity index (χ3v) is 6.53. The van der Waals surface area contributed by atoms with Crippen molar-refractivity contribution in [1.82, 2.24) is 20.3 Å². The van der Waals surface area contributed by atoms with Crippen LogP contribution in [0.5, 0.6) is 0 Å². The Morgan fingerprint density at radius 2 is 2.06 bits per heavy atom. The molecule has 1 amide bonds. The van der Waals surface area contributed by atoms with E-state index in [-0.39, 0.29) is 12.6 Å². The van der Waals surface area contributed by atoms with Gasteiger partial charge >= 0.3 is 6.09 Å². The Hall–Kier alpha value is -2.59. The van der Waals surface area contributed by atoms with Crippen LogP contribution in [0.3, 0.4) is 0 Å². The lowest BCUT2D eigenvalue weighted by Crippen LogP contribution is -2.41. The SMILES string of the molecule is C[C@H](NCc1cc(N2C(=O)OC[C@@H]2[C@@H](C)O)ncn1)c1cnc(-c2ccc(Cl)cc2)s1. The number of amides is 1. The van der Waals surface area contributed by atoms with Crippen LogP contribution in [0.2, 0.25) is 5.02 Å². The molecule has 3 atom stereocenters. The van der Waals surface area contributed by atoms with Crippen LogP contribution in [0.1, 0.15) is 30.5 Å². The Bertz CT molecular complexity index is 1060. The van der Waals surface area contributed by atoms with Crippen LogP contribution in [0.15, 0.2) is 42.9 Å². The van der Waals surface area contributed by atoms with Gasteiger partial charge in [0.25, 0.3) is 0 Å². The zero-order valence-electron chi connectivity index (χ0n) is 17.0. The molecule has 1 aliphatic rings. The van der Waals surface area contributed by atoms with Gasteiger partial charge in [-0.1, -0.05) is 23.7 Å². The van der Waals surface area contributed by atoms with Crippen molar-refractivity contribution in [3.63, 3.8) is 0 Å². The van der Waals surface area contributed by atoms with Crippen LogP contribution < -0.4 is 10.2 Å². The standard InChI is InChI=1S/C21H22ClN5O3S/c1-12(18-9-24-20(31-18)14-3-5-15(22)6-4-14)23-8-16-7-19(26-11-25-16)27-17(13(2)28)10-30-21(27)29/h3-7,9,11-13,17,23,28H,8,10H2,1-2H3/t12-,13+,17+/m0/s1. The molecule has 0 radical (unpaired) electrons. The molecule has 162 valence electrons. The molecule has 31 heavy (non-hydrogen) atoms. The van der Waals surface area contributed by atoms with Crippen molar-refractivity contribution in [2.24, 2.45) is 0 Å². The summed E-state index contributed by atoms with van der Waals surface area (Å²) < 4.78 is 5.07. The number of thiazole rings is 1. The number of hydrogen-bond acceptors (Lipinski definition) is 8. The predicted octanol–water partition coefficient (Wildman–Crippen LogP) is 3.81. The fourth-order valence-corrected chi connectivity index (χ4v) is 4.31. The van der Waals surface area contributed by atoms with Crippen molar-refractivity contribution in [3.05, 3.63) is 58.4 Å². The minimum atomic E-state index is -0.732. The summed E-state index contributed by atoms with van der Waals surface area (Å²) in [4.78, 5) is 27.6. The summed E-state index contributed by atoms with van der Waals surface area (Å²) in [5, 5.41) is 15.0. The van der Waals surface area contributed by atoms with E-state index >= 15 is 0 Å². The number of hydrogen-bond donors (Lipinski definition) is 2. The first-order valence-electron chi connectivity index (χ1n) is 9.82. The van der Waals surface area contributed by atoms with Crippen LogP contribution >= 0.6 is 22.9 Å². The molecule has 3 heterocycles. The summed E-state index contributed by atoms with van der Waals surface area (Å²) in [7, 11) is 0. The van der Waals surface area contributed by atoms with E-state index in [9.17, 15) is 9.90 Å². The fourth-order valence-electron chi connectivity index (χ4n) is 3.24. The number of anilines is 1. The number of ether oxygens (including phenoxy) is 1. The van der Waals surface area contributed by atoms with E-state index in [0.29, 0.717) is 17.4 Å². The molecule has 2 aromatic heterocycles. The number of carbonyl (C=O) groups is 1. The van der Waals surface area contributed by atoms with Crippen LogP contribution in [0.25, 0.3) is 10.6 Å². The smallest absolute Gasteiger partial charge is 0.416 e. The second kappa shape index (κ2) is 9.27. The maximum Gasteiger partial charge on any atom is 0.416 e. The van der Waals surface area contributed by atoms with Gasteiger partial charge in [0.05, 0.1) is 11.8 Å². The molecule has 0 saturated carbocycles. The molecule has 10 heteroatoms. The first kappa shape index (κ1) is 21.6. The van der Waals surface area contributed by atoms with Crippen molar-refractivity contribution in [2.75, 3.05) is 11.5 Å². The summed E-state index contributed by atoms with van der Waals surface area (Å²) in [5.41, 5.74) is 1.75. The van der Waals surface area contributed by atoms with E-state index in [4.69, 9.17) is 16.3 Å². The molecule has 0 unspecified atom stereocenters. The molecule has 1 saturated heterocycles. The Kier molecular flexibility index (Phi) is 6.47. The number of halogens is 1. The third kappa shape index (κ3) is 4.85. The van der Waals surface area contributed by atoms with Gasteiger partial charge in [-0.05, 0) is 26.0 Å². The molecule has 0 spiro atoms. The largest absolute Gasteiger partial charge is 0.447 e. The number of carbonyl (C=O) groups excluding carboxylic acids is 1. The van der Waals surface area contributed by atoms with Gasteiger partial charge in [0.1, 0.15) is 29.8 Å². The molecule has 0 aliphatic carbocycles. The molecule has 1 fully saturated rings. The summed E-state index contributed by atoms with van der Waals surface area (Å²) in [5.74, 6) is 0.413. The van der Waals surface area contributed by atoms with Crippen molar-refractivity contribution < 1.29 is 14.6 Å². The lowest BCUT2D eigenvalue weighted by Gasteiger charge is -2.22. The van der Waals surface area contributed by atoms with E-state index < -0.39 is 18.2 Å². The Balaban J connectivity index is 1.42. The number of nitrogens with zero attached hydrogens (tertiary/aromatic N) is 4. The fraction of sp³-hybridized carbons (Fsp3) is 0.333. The van der Waals surface area contributed by atoms with Crippen LogP contribution in [0.4, 0.5) is 10.6 Å². The van der Waals surface area contributed by atoms with Gasteiger partial charge < -0.3 is 15.2 Å². The number of cyclic esters (lactones) is 1. The monoisotopic (exact) mass is 459 g/mol. The van der Waals surface area contributed by atoms with Crippen molar-refractivity contribution in [3.8, 4) is 10.6 Å². The average Bonchev–Trinajstić information content (AvgIpc) is 3.40. The molecule has 2 N–H and O–H groups in total. The summed E-state index contributed by atoms with van der Waals surface area (Å²) in [6.45, 7) is 4.29. The molecule has 3 aromatic rings. The van der Waals surface area contributed by atoms with Crippen LogP contribution in [-0.4, -0.2) is 44.9 Å². The lowest BCUT2D eigenvalue weighted by atomic mass is 10.2. The third-order valence-electron chi connectivity index (χ3n) is 5.05. The number of benzene rings is 1. The topological polar surface area (TPSA) is 100 Å². The van der Waals surface area contributed by atoms with Gasteiger partial charge in [0.15, 0.2) is 0 Å². The number of aliphatic hydroxyl groups excluding tert-OH is 1. The van der Waals surface area contributed by atoms with E-state index in [0.717, 1.165) is 21.1 Å². The maximum atomic E-state index is 12.1. The molecule has 4 rings (SSSR count). The number of aliphatic hydroxyl groups is 1. The minimum absolute atomic E-state index is 0.0546. The zero-order valence-corrected chi connectivity index (χ0v) is 18.6. The lowest BCUT2D eigenvalue weighted by molar-refractivity contribution is 0.142. The average molecular weight is 460 g/mol. The van der Waals surface area contributed by atoms with E-state index in [1.807, 2.05) is 30.5 Å². The summed E-state index contributed by atoms with van der Waals surface area (Å²) in [6.07, 6.45) is 2.03. The number of aromatic nitrogens is 3. The van der Waals surface area contributed by atoms with Crippen molar-refractivity contribution >= 4 is 34.8 Å². The Morgan fingerprint density at radius 1 is 1.29 bits per heavy atom.